The van der Waals surface area contributed by atoms with Crippen molar-refractivity contribution in [3.8, 4) is 0 Å². The molecule has 2 heterocycles. The van der Waals surface area contributed by atoms with E-state index in [1.165, 1.54) is 12.8 Å². The summed E-state index contributed by atoms with van der Waals surface area (Å²) in [5.41, 5.74) is -0.109. The van der Waals surface area contributed by atoms with Crippen LogP contribution < -0.4 is 15.8 Å². The molecule has 0 aromatic carbocycles. The highest BCUT2D eigenvalue weighted by molar-refractivity contribution is 5.35. The minimum Gasteiger partial charge on any atom is -0.351 e. The van der Waals surface area contributed by atoms with Crippen LogP contribution in [0.3, 0.4) is 0 Å². The summed E-state index contributed by atoms with van der Waals surface area (Å²) in [7, 11) is 0. The molecule has 5 nitrogen and oxygen atoms in total. The number of aromatic nitrogens is 2. The maximum Gasteiger partial charge on any atom is 0.290 e. The van der Waals surface area contributed by atoms with E-state index in [2.05, 4.69) is 15.3 Å². The van der Waals surface area contributed by atoms with Gasteiger partial charge in [0.1, 0.15) is 0 Å². The number of anilines is 1. The molecule has 0 radical (unpaired) electrons. The lowest BCUT2D eigenvalue weighted by Gasteiger charge is -2.24. The van der Waals surface area contributed by atoms with E-state index in [0.717, 1.165) is 19.6 Å². The molecule has 1 aliphatic heterocycles. The number of nitrogens with zero attached hydrogens (tertiary/aromatic N) is 2. The quantitative estimate of drug-likeness (QED) is 0.771. The Hall–Kier alpha value is -1.36. The Kier molecular flexibility index (Phi) is 3.56. The van der Waals surface area contributed by atoms with Gasteiger partial charge in [0.25, 0.3) is 5.56 Å². The predicted octanol–water partition coefficient (Wildman–Crippen LogP) is 0.348. The van der Waals surface area contributed by atoms with E-state index >= 15 is 0 Å². The third-order valence-corrected chi connectivity index (χ3v) is 2.97. The Morgan fingerprint density at radius 1 is 1.62 bits per heavy atom. The van der Waals surface area contributed by atoms with Crippen LogP contribution in [-0.2, 0) is 0 Å². The molecule has 2 N–H and O–H groups in total. The molecule has 88 valence electrons. The second kappa shape index (κ2) is 5.12. The number of likely N-dealkylation sites (N-methyl/N-ethyl adjacent to an activating group) is 1. The summed E-state index contributed by atoms with van der Waals surface area (Å²) in [6, 6.07) is 0.487. The Balaban J connectivity index is 2.09. The minimum atomic E-state index is -0.109. The van der Waals surface area contributed by atoms with Gasteiger partial charge in [0.2, 0.25) is 0 Å². The molecule has 0 amide bonds. The fourth-order valence-electron chi connectivity index (χ4n) is 2.11. The maximum atomic E-state index is 11.6. The highest BCUT2D eigenvalue weighted by Gasteiger charge is 2.19. The zero-order valence-corrected chi connectivity index (χ0v) is 9.57. The van der Waals surface area contributed by atoms with E-state index in [-0.39, 0.29) is 5.56 Å². The van der Waals surface area contributed by atoms with Crippen molar-refractivity contribution in [2.75, 3.05) is 24.5 Å². The Morgan fingerprint density at radius 2 is 2.50 bits per heavy atom. The lowest BCUT2D eigenvalue weighted by atomic mass is 10.2. The van der Waals surface area contributed by atoms with Crippen LogP contribution in [0.2, 0.25) is 0 Å². The van der Waals surface area contributed by atoms with Crippen LogP contribution in [0.25, 0.3) is 0 Å². The minimum absolute atomic E-state index is 0.109. The van der Waals surface area contributed by atoms with Crippen molar-refractivity contribution in [1.29, 1.82) is 0 Å². The van der Waals surface area contributed by atoms with Gasteiger partial charge in [-0.3, -0.25) is 4.79 Å². The van der Waals surface area contributed by atoms with Crippen molar-refractivity contribution in [3.05, 3.63) is 22.7 Å². The van der Waals surface area contributed by atoms with Crippen molar-refractivity contribution in [2.45, 2.75) is 25.8 Å². The third kappa shape index (κ3) is 2.41. The number of aromatic amines is 1. The number of rotatable bonds is 4. The first-order valence-electron chi connectivity index (χ1n) is 5.83. The van der Waals surface area contributed by atoms with Crippen molar-refractivity contribution >= 4 is 5.82 Å². The van der Waals surface area contributed by atoms with Gasteiger partial charge in [0, 0.05) is 31.5 Å². The van der Waals surface area contributed by atoms with Crippen LogP contribution in [0.1, 0.15) is 19.8 Å². The molecule has 2 rings (SSSR count). The van der Waals surface area contributed by atoms with Gasteiger partial charge in [0.15, 0.2) is 5.82 Å². The van der Waals surface area contributed by atoms with Crippen LogP contribution in [0.4, 0.5) is 5.82 Å². The molecule has 1 fully saturated rings. The van der Waals surface area contributed by atoms with Crippen molar-refractivity contribution < 1.29 is 0 Å². The Morgan fingerprint density at radius 3 is 3.12 bits per heavy atom. The van der Waals surface area contributed by atoms with E-state index in [0.29, 0.717) is 11.9 Å². The smallest absolute Gasteiger partial charge is 0.290 e. The molecule has 0 aliphatic carbocycles. The van der Waals surface area contributed by atoms with Gasteiger partial charge in [-0.1, -0.05) is 0 Å². The van der Waals surface area contributed by atoms with Crippen LogP contribution in [-0.4, -0.2) is 35.6 Å². The van der Waals surface area contributed by atoms with Crippen LogP contribution in [0, 0.1) is 0 Å². The molecule has 1 aliphatic rings. The second-order valence-corrected chi connectivity index (χ2v) is 4.07. The summed E-state index contributed by atoms with van der Waals surface area (Å²) < 4.78 is 0. The number of hydrogen-bond donors (Lipinski definition) is 2. The molecular formula is C11H18N4O. The monoisotopic (exact) mass is 222 g/mol. The molecule has 0 spiro atoms. The van der Waals surface area contributed by atoms with Crippen molar-refractivity contribution in [3.63, 3.8) is 0 Å². The molecule has 1 atom stereocenters. The first-order chi connectivity index (χ1) is 7.81. The van der Waals surface area contributed by atoms with E-state index in [1.807, 2.05) is 11.8 Å². The van der Waals surface area contributed by atoms with E-state index < -0.39 is 0 Å². The fourth-order valence-corrected chi connectivity index (χ4v) is 2.11. The molecule has 5 heteroatoms. The summed E-state index contributed by atoms with van der Waals surface area (Å²) in [5, 5.41) is 3.43. The molecule has 0 saturated carbocycles. The maximum absolute atomic E-state index is 11.6. The van der Waals surface area contributed by atoms with E-state index in [9.17, 15) is 4.79 Å². The molecule has 16 heavy (non-hydrogen) atoms. The first kappa shape index (κ1) is 11.1. The summed E-state index contributed by atoms with van der Waals surface area (Å²) in [4.78, 5) is 20.4. The lowest BCUT2D eigenvalue weighted by molar-refractivity contribution is 0.582. The molecule has 1 aromatic rings. The van der Waals surface area contributed by atoms with Gasteiger partial charge in [-0.25, -0.2) is 4.98 Å². The van der Waals surface area contributed by atoms with Gasteiger partial charge in [0.05, 0.1) is 0 Å². The highest BCUT2D eigenvalue weighted by atomic mass is 16.1. The zero-order valence-electron chi connectivity index (χ0n) is 9.57. The average molecular weight is 222 g/mol. The number of hydrogen-bond acceptors (Lipinski definition) is 4. The summed E-state index contributed by atoms with van der Waals surface area (Å²) in [6.07, 6.45) is 5.59. The topological polar surface area (TPSA) is 61.0 Å². The SMILES string of the molecule is CCN(CC1CCCN1)c1ncc[nH]c1=O. The van der Waals surface area contributed by atoms with Gasteiger partial charge >= 0.3 is 0 Å². The standard InChI is InChI=1S/C11H18N4O/c1-2-15(8-9-4-3-5-12-9)10-11(16)14-7-6-13-10/h6-7,9,12H,2-5,8H2,1H3,(H,14,16). The van der Waals surface area contributed by atoms with Crippen LogP contribution >= 0.6 is 0 Å². The van der Waals surface area contributed by atoms with Gasteiger partial charge in [-0.2, -0.15) is 0 Å². The zero-order chi connectivity index (χ0) is 11.4. The molecule has 1 aromatic heterocycles. The molecular weight excluding hydrogens is 204 g/mol. The summed E-state index contributed by atoms with van der Waals surface area (Å²) >= 11 is 0. The van der Waals surface area contributed by atoms with E-state index in [4.69, 9.17) is 0 Å². The molecule has 1 unspecified atom stereocenters. The third-order valence-electron chi connectivity index (χ3n) is 2.97. The van der Waals surface area contributed by atoms with Crippen LogP contribution in [0.15, 0.2) is 17.2 Å². The second-order valence-electron chi connectivity index (χ2n) is 4.07. The largest absolute Gasteiger partial charge is 0.351 e. The number of nitrogens with one attached hydrogen (secondary N) is 2. The summed E-state index contributed by atoms with van der Waals surface area (Å²) in [6.45, 7) is 4.79. The van der Waals surface area contributed by atoms with E-state index in [1.54, 1.807) is 12.4 Å². The fraction of sp³-hybridized carbons (Fsp3) is 0.636. The van der Waals surface area contributed by atoms with Gasteiger partial charge in [-0.15, -0.1) is 0 Å². The van der Waals surface area contributed by atoms with Crippen molar-refractivity contribution in [1.82, 2.24) is 15.3 Å². The Bertz CT molecular complexity index is 384. The van der Waals surface area contributed by atoms with Gasteiger partial charge in [-0.05, 0) is 26.3 Å². The first-order valence-corrected chi connectivity index (χ1v) is 5.83. The number of H-pyrrole nitrogens is 1. The van der Waals surface area contributed by atoms with Crippen molar-refractivity contribution in [2.24, 2.45) is 0 Å². The summed E-state index contributed by atoms with van der Waals surface area (Å²) in [5.74, 6) is 0.527. The Labute approximate surface area is 94.9 Å². The normalized spacial score (nSPS) is 19.9. The predicted molar refractivity (Wildman–Crippen MR) is 63.8 cm³/mol. The highest BCUT2D eigenvalue weighted by Crippen LogP contribution is 2.10. The van der Waals surface area contributed by atoms with Gasteiger partial charge < -0.3 is 15.2 Å². The van der Waals surface area contributed by atoms with Crippen LogP contribution in [0.5, 0.6) is 0 Å². The average Bonchev–Trinajstić information content (AvgIpc) is 2.80. The molecule has 1 saturated heterocycles. The molecule has 0 bridgehead atoms. The lowest BCUT2D eigenvalue weighted by Crippen LogP contribution is -2.40.